The van der Waals surface area contributed by atoms with Crippen molar-refractivity contribution >= 4 is 33.5 Å². The Balaban J connectivity index is 1.30. The zero-order valence-corrected chi connectivity index (χ0v) is 21.7. The van der Waals surface area contributed by atoms with E-state index in [1.807, 2.05) is 12.1 Å². The van der Waals surface area contributed by atoms with E-state index < -0.39 is 27.9 Å². The van der Waals surface area contributed by atoms with Crippen LogP contribution < -0.4 is 20.3 Å². The Morgan fingerprint density at radius 3 is 2.29 bits per heavy atom. The van der Waals surface area contributed by atoms with E-state index >= 15 is 0 Å². The molecule has 0 bridgehead atoms. The molecule has 3 aromatic rings. The van der Waals surface area contributed by atoms with Gasteiger partial charge >= 0.3 is 5.97 Å². The third-order valence-electron chi connectivity index (χ3n) is 6.19. The van der Waals surface area contributed by atoms with Crippen LogP contribution in [0.5, 0.6) is 0 Å². The van der Waals surface area contributed by atoms with Crippen molar-refractivity contribution in [2.24, 2.45) is 0 Å². The van der Waals surface area contributed by atoms with Gasteiger partial charge in [0.2, 0.25) is 16.0 Å². The second-order valence-electron chi connectivity index (χ2n) is 8.75. The average molecular weight is 539 g/mol. The molecule has 38 heavy (non-hydrogen) atoms. The molecule has 2 heterocycles. The number of sulfonamides is 1. The number of carbonyl (C=O) groups excluding carboxylic acids is 2. The number of benzene rings is 2. The molecule has 1 saturated heterocycles. The van der Waals surface area contributed by atoms with Gasteiger partial charge in [0.05, 0.1) is 12.0 Å². The lowest BCUT2D eigenvalue weighted by Crippen LogP contribution is -2.48. The summed E-state index contributed by atoms with van der Waals surface area (Å²) in [6.45, 7) is 1.42. The predicted octanol–water partition coefficient (Wildman–Crippen LogP) is 1.81. The van der Waals surface area contributed by atoms with Crippen LogP contribution in [0, 0.1) is 0 Å². The molecule has 11 nitrogen and oxygen atoms in total. The zero-order chi connectivity index (χ0) is 27.0. The highest BCUT2D eigenvalue weighted by Crippen LogP contribution is 2.22. The molecule has 1 aliphatic rings. The Kier molecular flexibility index (Phi) is 8.87. The number of amides is 1. The molecule has 0 unspecified atom stereocenters. The largest absolute Gasteiger partial charge is 0.468 e. The van der Waals surface area contributed by atoms with E-state index in [0.29, 0.717) is 17.6 Å². The summed E-state index contributed by atoms with van der Waals surface area (Å²) in [6.07, 6.45) is 5.27. The number of nitrogens with zero attached hydrogens (tertiary/aromatic N) is 3. The molecule has 0 radical (unpaired) electrons. The maximum absolute atomic E-state index is 12.7. The predicted molar refractivity (Wildman–Crippen MR) is 142 cm³/mol. The lowest BCUT2D eigenvalue weighted by atomic mass is 10.0. The number of hydrogen-bond acceptors (Lipinski definition) is 9. The van der Waals surface area contributed by atoms with Crippen molar-refractivity contribution in [3.8, 4) is 0 Å². The quantitative estimate of drug-likeness (QED) is 0.329. The van der Waals surface area contributed by atoms with Gasteiger partial charge in [-0.15, -0.1) is 0 Å². The Bertz CT molecular complexity index is 1320. The van der Waals surface area contributed by atoms with Gasteiger partial charge < -0.3 is 20.3 Å². The second kappa shape index (κ2) is 12.5. The molecular formula is C26H30N6O5S. The highest BCUT2D eigenvalue weighted by molar-refractivity contribution is 7.89. The van der Waals surface area contributed by atoms with Crippen LogP contribution in [0.1, 0.15) is 23.2 Å². The Morgan fingerprint density at radius 2 is 1.66 bits per heavy atom. The number of esters is 1. The van der Waals surface area contributed by atoms with Crippen molar-refractivity contribution in [2.75, 3.05) is 37.0 Å². The first-order chi connectivity index (χ1) is 18.4. The van der Waals surface area contributed by atoms with Gasteiger partial charge in [-0.05, 0) is 55.3 Å². The molecule has 200 valence electrons. The first-order valence-corrected chi connectivity index (χ1v) is 13.7. The third-order valence-corrected chi connectivity index (χ3v) is 7.68. The topological polar surface area (TPSA) is 143 Å². The van der Waals surface area contributed by atoms with E-state index in [1.165, 1.54) is 12.1 Å². The first kappa shape index (κ1) is 27.0. The molecule has 1 amide bonds. The van der Waals surface area contributed by atoms with Gasteiger partial charge in [-0.2, -0.15) is 4.72 Å². The van der Waals surface area contributed by atoms with Gasteiger partial charge in [0.25, 0.3) is 5.91 Å². The van der Waals surface area contributed by atoms with Gasteiger partial charge in [-0.25, -0.2) is 18.4 Å². The fraction of sp³-hybridized carbons (Fsp3) is 0.308. The minimum absolute atomic E-state index is 0.00373. The van der Waals surface area contributed by atoms with Gasteiger partial charge in [0.15, 0.2) is 0 Å². The molecule has 3 N–H and O–H groups in total. The van der Waals surface area contributed by atoms with Crippen LogP contribution in [0.2, 0.25) is 0 Å². The highest BCUT2D eigenvalue weighted by atomic mass is 32.2. The van der Waals surface area contributed by atoms with Crippen molar-refractivity contribution in [3.05, 3.63) is 78.6 Å². The van der Waals surface area contributed by atoms with Crippen molar-refractivity contribution in [2.45, 2.75) is 29.8 Å². The summed E-state index contributed by atoms with van der Waals surface area (Å²) in [6, 6.07) is 15.6. The smallest absolute Gasteiger partial charge is 0.325 e. The fourth-order valence-corrected chi connectivity index (χ4v) is 5.33. The minimum atomic E-state index is -3.99. The van der Waals surface area contributed by atoms with E-state index in [2.05, 4.69) is 30.2 Å². The molecule has 1 aliphatic heterocycles. The number of ether oxygens (including phenoxy) is 1. The summed E-state index contributed by atoms with van der Waals surface area (Å²) in [4.78, 5) is 35.6. The summed E-state index contributed by atoms with van der Waals surface area (Å²) in [5.41, 5.74) is 1.39. The molecule has 2 aromatic carbocycles. The summed E-state index contributed by atoms with van der Waals surface area (Å²) < 4.78 is 32.3. The number of hydrogen-bond donors (Lipinski definition) is 3. The standard InChI is InChI=1S/C26H30N6O5S/c1-37-25(34)23(31-38(35,36)22-6-3-2-4-7-22)18-29-24(33)19-8-10-21(11-9-19)32-16-12-20(13-17-32)30-26-27-14-5-15-28-26/h2-11,14-15,20,23,31H,12-13,16-18H2,1H3,(H,29,33)(H,27,28,30)/t23-/m0/s1. The highest BCUT2D eigenvalue weighted by Gasteiger charge is 2.27. The summed E-state index contributed by atoms with van der Waals surface area (Å²) in [5, 5.41) is 5.97. The van der Waals surface area contributed by atoms with Crippen LogP contribution in [0.4, 0.5) is 11.6 Å². The van der Waals surface area contributed by atoms with E-state index in [0.717, 1.165) is 38.7 Å². The molecule has 0 spiro atoms. The molecule has 12 heteroatoms. The molecule has 0 aliphatic carbocycles. The zero-order valence-electron chi connectivity index (χ0n) is 20.9. The lowest BCUT2D eigenvalue weighted by molar-refractivity contribution is -0.142. The number of rotatable bonds is 10. The summed E-state index contributed by atoms with van der Waals surface area (Å²) in [5.74, 6) is -0.615. The maximum atomic E-state index is 12.7. The Hall–Kier alpha value is -4.03. The van der Waals surface area contributed by atoms with Crippen molar-refractivity contribution in [3.63, 3.8) is 0 Å². The van der Waals surface area contributed by atoms with E-state index in [-0.39, 0.29) is 11.4 Å². The minimum Gasteiger partial charge on any atom is -0.468 e. The molecular weight excluding hydrogens is 508 g/mol. The summed E-state index contributed by atoms with van der Waals surface area (Å²) >= 11 is 0. The van der Waals surface area contributed by atoms with Crippen LogP contribution in [0.15, 0.2) is 78.0 Å². The van der Waals surface area contributed by atoms with Crippen molar-refractivity contribution < 1.29 is 22.7 Å². The number of aromatic nitrogens is 2. The molecule has 4 rings (SSSR count). The van der Waals surface area contributed by atoms with Gasteiger partial charge in [-0.3, -0.25) is 9.59 Å². The molecule has 1 atom stereocenters. The average Bonchev–Trinajstić information content (AvgIpc) is 2.96. The van der Waals surface area contributed by atoms with Crippen LogP contribution >= 0.6 is 0 Å². The number of carbonyl (C=O) groups is 2. The molecule has 1 aromatic heterocycles. The molecule has 0 saturated carbocycles. The van der Waals surface area contributed by atoms with Gasteiger partial charge in [0, 0.05) is 49.3 Å². The van der Waals surface area contributed by atoms with Crippen LogP contribution in [0.25, 0.3) is 0 Å². The molecule has 1 fully saturated rings. The van der Waals surface area contributed by atoms with E-state index in [4.69, 9.17) is 4.74 Å². The van der Waals surface area contributed by atoms with Crippen LogP contribution in [-0.2, 0) is 19.6 Å². The van der Waals surface area contributed by atoms with E-state index in [9.17, 15) is 18.0 Å². The maximum Gasteiger partial charge on any atom is 0.325 e. The van der Waals surface area contributed by atoms with Gasteiger partial charge in [-0.1, -0.05) is 18.2 Å². The first-order valence-electron chi connectivity index (χ1n) is 12.2. The number of nitrogens with one attached hydrogen (secondary N) is 3. The van der Waals surface area contributed by atoms with E-state index in [1.54, 1.807) is 48.8 Å². The van der Waals surface area contributed by atoms with Crippen LogP contribution in [-0.4, -0.2) is 69.1 Å². The SMILES string of the molecule is COC(=O)[C@H](CNC(=O)c1ccc(N2CCC(Nc3ncccn3)CC2)cc1)NS(=O)(=O)c1ccccc1. The summed E-state index contributed by atoms with van der Waals surface area (Å²) in [7, 11) is -2.83. The monoisotopic (exact) mass is 538 g/mol. The third kappa shape index (κ3) is 7.05. The Labute approximate surface area is 221 Å². The second-order valence-corrected chi connectivity index (χ2v) is 10.5. The fourth-order valence-electron chi connectivity index (χ4n) is 4.13. The lowest BCUT2D eigenvalue weighted by Gasteiger charge is -2.34. The number of methoxy groups -OCH3 is 1. The van der Waals surface area contributed by atoms with Crippen LogP contribution in [0.3, 0.4) is 0 Å². The van der Waals surface area contributed by atoms with Gasteiger partial charge in [0.1, 0.15) is 6.04 Å². The number of piperidine rings is 1. The normalized spacial score (nSPS) is 14.9. The van der Waals surface area contributed by atoms with Crippen molar-refractivity contribution in [1.29, 1.82) is 0 Å². The van der Waals surface area contributed by atoms with Crippen molar-refractivity contribution in [1.82, 2.24) is 20.0 Å². The Morgan fingerprint density at radius 1 is 1.00 bits per heavy atom. The number of anilines is 2.